The van der Waals surface area contributed by atoms with Crippen molar-refractivity contribution in [3.8, 4) is 11.5 Å². The largest absolute Gasteiger partial charge is 0.489 e. The number of benzene rings is 4. The van der Waals surface area contributed by atoms with Crippen LogP contribution in [0.3, 0.4) is 0 Å². The molecule has 6 rings (SSSR count). The second kappa shape index (κ2) is 26.0. The Morgan fingerprint density at radius 2 is 0.864 bits per heavy atom. The van der Waals surface area contributed by atoms with Gasteiger partial charge >= 0.3 is 36.6 Å². The first-order valence-corrected chi connectivity index (χ1v) is 26.3. The van der Waals surface area contributed by atoms with Crippen LogP contribution < -0.4 is 9.47 Å². The van der Waals surface area contributed by atoms with Crippen LogP contribution in [0.4, 0.5) is 52.7 Å². The molecule has 0 spiro atoms. The lowest BCUT2D eigenvalue weighted by atomic mass is 9.70. The van der Waals surface area contributed by atoms with Gasteiger partial charge in [-0.2, -0.15) is 52.7 Å². The average Bonchev–Trinajstić information content (AvgIpc) is 4.12. The van der Waals surface area contributed by atoms with Crippen molar-refractivity contribution in [2.24, 2.45) is 0 Å². The molecule has 2 fully saturated rings. The number of hydrogen-bond donors (Lipinski definition) is 1. The zero-order chi connectivity index (χ0) is 60.6. The SMILES string of the molecule is CCC(CC)(c1ccc(/C=C/C(O)(C(F)(F)F)C(F)(F)F)c(C)c1)c1ccc(OC[C@H]2CCC(=O)O2)c(C)c1.CCC(CC)(c1ccc(/C=C/C(OCOC)(C(F)(F)F)C(F)(F)F)c(C)c1)c1ccc(OC[C@H]2CCC(=O)O2)c(C)c1. The summed E-state index contributed by atoms with van der Waals surface area (Å²) in [4.78, 5) is 22.7. The van der Waals surface area contributed by atoms with Crippen molar-refractivity contribution in [2.75, 3.05) is 27.1 Å². The van der Waals surface area contributed by atoms with E-state index in [4.69, 9.17) is 18.9 Å². The lowest BCUT2D eigenvalue weighted by Crippen LogP contribution is -2.57. The molecular weight excluding hydrogens is 1090 g/mol. The van der Waals surface area contributed by atoms with Gasteiger partial charge in [0.05, 0.1) is 0 Å². The molecule has 2 aliphatic rings. The molecule has 0 unspecified atom stereocenters. The van der Waals surface area contributed by atoms with Crippen LogP contribution >= 0.6 is 0 Å². The predicted molar refractivity (Wildman–Crippen MR) is 280 cm³/mol. The van der Waals surface area contributed by atoms with Gasteiger partial charge in [-0.3, -0.25) is 9.59 Å². The van der Waals surface area contributed by atoms with Crippen molar-refractivity contribution in [1.82, 2.24) is 0 Å². The van der Waals surface area contributed by atoms with Crippen molar-refractivity contribution in [2.45, 2.75) is 166 Å². The lowest BCUT2D eigenvalue weighted by molar-refractivity contribution is -0.372. The Morgan fingerprint density at radius 1 is 0.519 bits per heavy atom. The van der Waals surface area contributed by atoms with E-state index in [0.717, 1.165) is 46.6 Å². The van der Waals surface area contributed by atoms with Gasteiger partial charge in [-0.1, -0.05) is 101 Å². The van der Waals surface area contributed by atoms with Crippen LogP contribution in [-0.4, -0.2) is 92.3 Å². The molecule has 4 aromatic carbocycles. The molecular formula is C60H68F12O9. The highest BCUT2D eigenvalue weighted by Crippen LogP contribution is 2.49. The van der Waals surface area contributed by atoms with E-state index in [1.165, 1.54) is 12.1 Å². The Labute approximate surface area is 463 Å². The second-order valence-corrected chi connectivity index (χ2v) is 20.3. The first kappa shape index (κ1) is 65.7. The molecule has 21 heteroatoms. The Bertz CT molecular complexity index is 2830. The van der Waals surface area contributed by atoms with Crippen LogP contribution in [0.2, 0.25) is 0 Å². The van der Waals surface area contributed by atoms with Gasteiger partial charge in [0, 0.05) is 30.8 Å². The minimum atomic E-state index is -5.93. The molecule has 0 aliphatic carbocycles. The Balaban J connectivity index is 0.000000298. The number of methoxy groups -OCH3 is 1. The second-order valence-electron chi connectivity index (χ2n) is 20.3. The van der Waals surface area contributed by atoms with E-state index in [1.807, 2.05) is 77.9 Å². The van der Waals surface area contributed by atoms with Gasteiger partial charge in [-0.25, -0.2) is 0 Å². The fraction of sp³-hybridized carbons (Fsp3) is 0.500. The third-order valence-corrected chi connectivity index (χ3v) is 15.4. The first-order valence-electron chi connectivity index (χ1n) is 26.3. The Hall–Kier alpha value is -6.06. The van der Waals surface area contributed by atoms with Crippen LogP contribution in [0.15, 0.2) is 84.9 Å². The highest BCUT2D eigenvalue weighted by atomic mass is 19.4. The van der Waals surface area contributed by atoms with Crippen LogP contribution in [-0.2, 0) is 39.4 Å². The van der Waals surface area contributed by atoms with Gasteiger partial charge in [0.1, 0.15) is 43.7 Å². The summed E-state index contributed by atoms with van der Waals surface area (Å²) in [6.07, 6.45) is -18.1. The minimum absolute atomic E-state index is 0.00444. The first-order chi connectivity index (χ1) is 37.7. The summed E-state index contributed by atoms with van der Waals surface area (Å²) in [6.45, 7) is 14.4. The van der Waals surface area contributed by atoms with E-state index in [9.17, 15) is 67.4 Å². The number of hydrogen-bond acceptors (Lipinski definition) is 9. The fourth-order valence-electron chi connectivity index (χ4n) is 10.3. The molecule has 2 atom stereocenters. The highest BCUT2D eigenvalue weighted by Gasteiger charge is 2.71. The topological polar surface area (TPSA) is 110 Å². The van der Waals surface area contributed by atoms with E-state index in [1.54, 1.807) is 38.1 Å². The van der Waals surface area contributed by atoms with Crippen molar-refractivity contribution in [3.63, 3.8) is 0 Å². The Kier molecular flexibility index (Phi) is 21.1. The summed E-state index contributed by atoms with van der Waals surface area (Å²) in [5.41, 5.74) is -3.69. The fourth-order valence-corrected chi connectivity index (χ4v) is 10.3. The van der Waals surface area contributed by atoms with Crippen LogP contribution in [0.5, 0.6) is 11.5 Å². The van der Waals surface area contributed by atoms with E-state index in [2.05, 4.69) is 9.47 Å². The summed E-state index contributed by atoms with van der Waals surface area (Å²) in [5, 5.41) is 9.44. The molecule has 2 heterocycles. The number of carbonyl (C=O) groups is 2. The van der Waals surface area contributed by atoms with Gasteiger partial charge in [0.15, 0.2) is 0 Å². The van der Waals surface area contributed by atoms with Crippen molar-refractivity contribution < 1.29 is 95.8 Å². The number of carbonyl (C=O) groups excluding carboxylic acids is 2. The average molecular weight is 1160 g/mol. The number of alkyl halides is 12. The summed E-state index contributed by atoms with van der Waals surface area (Å²) >= 11 is 0. The summed E-state index contributed by atoms with van der Waals surface area (Å²) in [5.74, 6) is 0.844. The monoisotopic (exact) mass is 1160 g/mol. The Morgan fingerprint density at radius 3 is 1.15 bits per heavy atom. The van der Waals surface area contributed by atoms with Crippen LogP contribution in [0.25, 0.3) is 12.2 Å². The zero-order valence-electron chi connectivity index (χ0n) is 46.4. The molecule has 0 bridgehead atoms. The van der Waals surface area contributed by atoms with E-state index < -0.39 is 53.5 Å². The third-order valence-electron chi connectivity index (χ3n) is 15.4. The molecule has 9 nitrogen and oxygen atoms in total. The molecule has 0 radical (unpaired) electrons. The predicted octanol–water partition coefficient (Wildman–Crippen LogP) is 15.4. The molecule has 0 amide bonds. The molecule has 4 aromatic rings. The maximum absolute atomic E-state index is 13.7. The van der Waals surface area contributed by atoms with Gasteiger partial charge < -0.3 is 33.5 Å². The standard InChI is InChI=1S/C31H36F6O5.C29H32F6O4/c1-6-28(7-2,24-10-12-26(21(4)17-24)40-18-25-11-13-27(38)42-25)23-9-8-22(20(3)16-23)14-15-29(30(32,33)34,31(35,36)37)41-19-39-5;1-5-26(6-2,22-9-11-24(19(4)16-22)38-17-23-10-12-25(36)39-23)21-8-7-20(18(3)15-21)13-14-27(37,28(30,31)32)29(33,34)35/h8-10,12,14-17,25H,6-7,11,13,18-19H2,1-5H3;7-9,11,13-16,23,37H,5-6,10,12,17H2,1-4H3/b15-14+;14-13+/t25-;23-/m11/s1. The number of rotatable bonds is 21. The number of halogens is 12. The molecule has 0 saturated carbocycles. The number of ether oxygens (including phenoxy) is 6. The maximum atomic E-state index is 13.7. The summed E-state index contributed by atoms with van der Waals surface area (Å²) in [7, 11) is 0.939. The van der Waals surface area contributed by atoms with E-state index >= 15 is 0 Å². The van der Waals surface area contributed by atoms with E-state index in [0.29, 0.717) is 80.1 Å². The summed E-state index contributed by atoms with van der Waals surface area (Å²) in [6, 6.07) is 21.5. The number of cyclic esters (lactones) is 2. The number of esters is 2. The normalized spacial score (nSPS) is 16.9. The number of aryl methyl sites for hydroxylation is 4. The third kappa shape index (κ3) is 14.4. The van der Waals surface area contributed by atoms with Crippen molar-refractivity contribution >= 4 is 24.1 Å². The minimum Gasteiger partial charge on any atom is -0.489 e. The summed E-state index contributed by atoms with van der Waals surface area (Å²) < 4.78 is 191. The highest BCUT2D eigenvalue weighted by molar-refractivity contribution is 5.72. The van der Waals surface area contributed by atoms with E-state index in [-0.39, 0.29) is 60.6 Å². The van der Waals surface area contributed by atoms with Crippen molar-refractivity contribution in [1.29, 1.82) is 0 Å². The van der Waals surface area contributed by atoms with Gasteiger partial charge in [0.2, 0.25) is 0 Å². The zero-order valence-corrected chi connectivity index (χ0v) is 46.4. The van der Waals surface area contributed by atoms with Gasteiger partial charge in [-0.15, -0.1) is 0 Å². The molecule has 2 aliphatic heterocycles. The van der Waals surface area contributed by atoms with Crippen molar-refractivity contribution in [3.05, 3.63) is 141 Å². The van der Waals surface area contributed by atoms with Crippen LogP contribution in [0, 0.1) is 27.7 Å². The molecule has 81 heavy (non-hydrogen) atoms. The maximum Gasteiger partial charge on any atom is 0.430 e. The van der Waals surface area contributed by atoms with Crippen LogP contribution in [0.1, 0.15) is 135 Å². The number of aliphatic hydroxyl groups is 1. The molecule has 2 saturated heterocycles. The lowest BCUT2D eigenvalue weighted by Gasteiger charge is -2.35. The molecule has 0 aromatic heterocycles. The quantitative estimate of drug-likeness (QED) is 0.0495. The molecule has 446 valence electrons. The van der Waals surface area contributed by atoms with Gasteiger partial charge in [-0.05, 0) is 146 Å². The smallest absolute Gasteiger partial charge is 0.430 e. The van der Waals surface area contributed by atoms with Gasteiger partial charge in [0.25, 0.3) is 11.2 Å². The molecule has 1 N–H and O–H groups in total.